The number of halogens is 7. The van der Waals surface area contributed by atoms with Gasteiger partial charge in [0.25, 0.3) is 0 Å². The molecule has 0 aliphatic heterocycles. The summed E-state index contributed by atoms with van der Waals surface area (Å²) in [6.07, 6.45) is -12.3. The van der Waals surface area contributed by atoms with Crippen LogP contribution >= 0.6 is 0 Å². The zero-order chi connectivity index (χ0) is 21.3. The van der Waals surface area contributed by atoms with Crippen molar-refractivity contribution in [2.75, 3.05) is 0 Å². The molecule has 0 atom stereocenters. The van der Waals surface area contributed by atoms with Crippen molar-refractivity contribution in [1.29, 1.82) is 5.26 Å². The van der Waals surface area contributed by atoms with Crippen molar-refractivity contribution in [3.8, 4) is 17.2 Å². The number of nitrogens with zero attached hydrogens (tertiary/aromatic N) is 1. The molecule has 0 saturated heterocycles. The van der Waals surface area contributed by atoms with Gasteiger partial charge in [0.15, 0.2) is 0 Å². The van der Waals surface area contributed by atoms with E-state index in [-0.39, 0.29) is 35.1 Å². The maximum absolute atomic E-state index is 14.9. The van der Waals surface area contributed by atoms with Crippen molar-refractivity contribution in [3.63, 3.8) is 0 Å². The van der Waals surface area contributed by atoms with Crippen LogP contribution in [0, 0.1) is 17.4 Å². The SMILES string of the molecule is CCc1[c]c(CC)c(-c2ccc(C#N)cc2)c(C(F)(C(F)(F)F)C(F)(F)F)c1. The molecule has 0 aromatic heterocycles. The maximum atomic E-state index is 14.9. The molecular formula is C20H15F7N. The number of aryl methyl sites for hydroxylation is 2. The van der Waals surface area contributed by atoms with Crippen LogP contribution in [0.15, 0.2) is 30.3 Å². The van der Waals surface area contributed by atoms with Gasteiger partial charge in [0.2, 0.25) is 0 Å². The Hall–Kier alpha value is -2.56. The first-order chi connectivity index (χ1) is 12.9. The monoisotopic (exact) mass is 402 g/mol. The second-order valence-electron chi connectivity index (χ2n) is 6.11. The molecule has 149 valence electrons. The largest absolute Gasteiger partial charge is 0.435 e. The second kappa shape index (κ2) is 7.46. The summed E-state index contributed by atoms with van der Waals surface area (Å²) in [6.45, 7) is 3.06. The number of nitriles is 1. The van der Waals surface area contributed by atoms with Gasteiger partial charge in [-0.1, -0.05) is 32.0 Å². The highest BCUT2D eigenvalue weighted by Crippen LogP contribution is 2.56. The standard InChI is InChI=1S/C20H15F7N/c1-3-12-9-14(4-2)17(15-7-5-13(11-28)6-8-15)16(10-12)18(21,19(22,23)24)20(25,26)27/h5-8,10H,3-4H2,1-2H3. The van der Waals surface area contributed by atoms with Crippen LogP contribution in [0.1, 0.15) is 36.1 Å². The summed E-state index contributed by atoms with van der Waals surface area (Å²) < 4.78 is 95.5. The van der Waals surface area contributed by atoms with Gasteiger partial charge in [-0.3, -0.25) is 0 Å². The zero-order valence-corrected chi connectivity index (χ0v) is 14.9. The number of rotatable bonds is 4. The minimum absolute atomic E-state index is 0.0367. The van der Waals surface area contributed by atoms with Gasteiger partial charge in [0.1, 0.15) is 0 Å². The number of alkyl halides is 7. The molecule has 28 heavy (non-hydrogen) atoms. The van der Waals surface area contributed by atoms with Gasteiger partial charge in [-0.2, -0.15) is 31.6 Å². The van der Waals surface area contributed by atoms with Crippen molar-refractivity contribution in [3.05, 3.63) is 58.7 Å². The van der Waals surface area contributed by atoms with Crippen molar-refractivity contribution in [1.82, 2.24) is 0 Å². The lowest BCUT2D eigenvalue weighted by molar-refractivity contribution is -0.348. The Morgan fingerprint density at radius 2 is 1.43 bits per heavy atom. The summed E-state index contributed by atoms with van der Waals surface area (Å²) in [6, 6.07) is 10.1. The summed E-state index contributed by atoms with van der Waals surface area (Å²) in [5, 5.41) is 8.85. The van der Waals surface area contributed by atoms with E-state index in [0.29, 0.717) is 6.07 Å². The lowest BCUT2D eigenvalue weighted by Gasteiger charge is -2.33. The number of benzene rings is 2. The van der Waals surface area contributed by atoms with Crippen molar-refractivity contribution in [2.45, 2.75) is 44.7 Å². The Morgan fingerprint density at radius 1 is 0.893 bits per heavy atom. The topological polar surface area (TPSA) is 23.8 Å². The van der Waals surface area contributed by atoms with Gasteiger partial charge >= 0.3 is 18.0 Å². The van der Waals surface area contributed by atoms with Crippen molar-refractivity contribution in [2.24, 2.45) is 0 Å². The van der Waals surface area contributed by atoms with Gasteiger partial charge in [-0.25, -0.2) is 4.39 Å². The van der Waals surface area contributed by atoms with Crippen molar-refractivity contribution >= 4 is 0 Å². The van der Waals surface area contributed by atoms with E-state index in [1.807, 2.05) is 0 Å². The second-order valence-corrected chi connectivity index (χ2v) is 6.11. The third kappa shape index (κ3) is 3.58. The van der Waals surface area contributed by atoms with Crippen LogP contribution in [-0.2, 0) is 18.5 Å². The van der Waals surface area contributed by atoms with Crippen LogP contribution in [0.2, 0.25) is 0 Å². The van der Waals surface area contributed by atoms with E-state index in [9.17, 15) is 30.7 Å². The Bertz CT molecular complexity index is 873. The highest BCUT2D eigenvalue weighted by molar-refractivity contribution is 5.74. The number of hydrogen-bond donors (Lipinski definition) is 0. The van der Waals surface area contributed by atoms with Crippen LogP contribution in [0.4, 0.5) is 30.7 Å². The van der Waals surface area contributed by atoms with E-state index in [4.69, 9.17) is 5.26 Å². The summed E-state index contributed by atoms with van der Waals surface area (Å²) in [5.41, 5.74) is -7.39. The molecule has 0 heterocycles. The molecule has 8 heteroatoms. The Balaban J connectivity index is 2.97. The summed E-state index contributed by atoms with van der Waals surface area (Å²) in [5.74, 6) is 0. The predicted octanol–water partition coefficient (Wildman–Crippen LogP) is 6.44. The third-order valence-corrected chi connectivity index (χ3v) is 4.39. The lowest BCUT2D eigenvalue weighted by Crippen LogP contribution is -2.50. The molecule has 0 aliphatic carbocycles. The molecular weight excluding hydrogens is 387 g/mol. The fourth-order valence-corrected chi connectivity index (χ4v) is 2.94. The average molecular weight is 402 g/mol. The first-order valence-electron chi connectivity index (χ1n) is 8.32. The van der Waals surface area contributed by atoms with Crippen LogP contribution < -0.4 is 0 Å². The molecule has 0 bridgehead atoms. The molecule has 0 amide bonds. The average Bonchev–Trinajstić information content (AvgIpc) is 2.64. The summed E-state index contributed by atoms with van der Waals surface area (Å²) >= 11 is 0. The van der Waals surface area contributed by atoms with Gasteiger partial charge in [-0.15, -0.1) is 0 Å². The zero-order valence-electron chi connectivity index (χ0n) is 14.9. The van der Waals surface area contributed by atoms with E-state index in [1.54, 1.807) is 6.07 Å². The normalized spacial score (nSPS) is 12.7. The van der Waals surface area contributed by atoms with Crippen LogP contribution in [0.25, 0.3) is 11.1 Å². The van der Waals surface area contributed by atoms with Gasteiger partial charge in [0.05, 0.1) is 11.6 Å². The Morgan fingerprint density at radius 3 is 1.82 bits per heavy atom. The Kier molecular flexibility index (Phi) is 5.79. The molecule has 2 rings (SSSR count). The minimum Gasteiger partial charge on any atom is -0.218 e. The van der Waals surface area contributed by atoms with Crippen LogP contribution in [0.5, 0.6) is 0 Å². The molecule has 0 N–H and O–H groups in total. The quantitative estimate of drug-likeness (QED) is 0.540. The van der Waals surface area contributed by atoms with E-state index in [1.165, 1.54) is 38.1 Å². The minimum atomic E-state index is -6.22. The first kappa shape index (κ1) is 21.7. The highest BCUT2D eigenvalue weighted by Gasteiger charge is 2.74. The smallest absolute Gasteiger partial charge is 0.218 e. The molecule has 0 unspecified atom stereocenters. The molecule has 0 saturated carbocycles. The molecule has 2 aromatic carbocycles. The molecule has 2 aromatic rings. The van der Waals surface area contributed by atoms with E-state index in [0.717, 1.165) is 0 Å². The molecule has 0 fully saturated rings. The van der Waals surface area contributed by atoms with E-state index < -0.39 is 29.1 Å². The van der Waals surface area contributed by atoms with Crippen LogP contribution in [0.3, 0.4) is 0 Å². The maximum Gasteiger partial charge on any atom is 0.435 e. The van der Waals surface area contributed by atoms with E-state index >= 15 is 0 Å². The highest BCUT2D eigenvalue weighted by atomic mass is 19.4. The number of hydrogen-bond acceptors (Lipinski definition) is 1. The van der Waals surface area contributed by atoms with Crippen LogP contribution in [-0.4, -0.2) is 12.4 Å². The van der Waals surface area contributed by atoms with Gasteiger partial charge in [-0.05, 0) is 53.3 Å². The van der Waals surface area contributed by atoms with Crippen molar-refractivity contribution < 1.29 is 30.7 Å². The molecule has 1 radical (unpaired) electrons. The van der Waals surface area contributed by atoms with Gasteiger partial charge in [0, 0.05) is 5.56 Å². The fraction of sp³-hybridized carbons (Fsp3) is 0.350. The van der Waals surface area contributed by atoms with Gasteiger partial charge < -0.3 is 0 Å². The lowest BCUT2D eigenvalue weighted by atomic mass is 9.82. The molecule has 0 spiro atoms. The summed E-state index contributed by atoms with van der Waals surface area (Å²) in [4.78, 5) is 0. The third-order valence-electron chi connectivity index (χ3n) is 4.39. The predicted molar refractivity (Wildman–Crippen MR) is 89.1 cm³/mol. The fourth-order valence-electron chi connectivity index (χ4n) is 2.94. The Labute approximate surface area is 157 Å². The molecule has 0 aliphatic rings. The first-order valence-corrected chi connectivity index (χ1v) is 8.32. The van der Waals surface area contributed by atoms with E-state index in [2.05, 4.69) is 6.07 Å². The summed E-state index contributed by atoms with van der Waals surface area (Å²) in [7, 11) is 0. The molecule has 1 nitrogen and oxygen atoms in total.